The number of aryl methyl sites for hydroxylation is 2. The monoisotopic (exact) mass is 287 g/mol. The lowest BCUT2D eigenvalue weighted by atomic mass is 10.1. The number of hydrogen-bond acceptors (Lipinski definition) is 5. The van der Waals surface area contributed by atoms with Gasteiger partial charge in [0.15, 0.2) is 0 Å². The van der Waals surface area contributed by atoms with E-state index in [9.17, 15) is 0 Å². The van der Waals surface area contributed by atoms with Crippen molar-refractivity contribution in [3.8, 4) is 0 Å². The lowest BCUT2D eigenvalue weighted by molar-refractivity contribution is 0.492. The molecule has 0 bridgehead atoms. The molecular weight excluding hydrogens is 270 g/mol. The molecule has 0 fully saturated rings. The minimum absolute atomic E-state index is 0.0109. The van der Waals surface area contributed by atoms with E-state index < -0.39 is 0 Å². The lowest BCUT2D eigenvalue weighted by Crippen LogP contribution is -2.17. The molecule has 0 radical (unpaired) electrons. The van der Waals surface area contributed by atoms with Crippen molar-refractivity contribution < 1.29 is 4.42 Å². The number of nitrogens with one attached hydrogen (secondary N) is 1. The Morgan fingerprint density at radius 2 is 2.25 bits per heavy atom. The number of fused-ring (bicyclic) bond motifs is 1. The molecular formula is C15H17N3OS. The van der Waals surface area contributed by atoms with Gasteiger partial charge in [0, 0.05) is 5.39 Å². The van der Waals surface area contributed by atoms with Gasteiger partial charge in [-0.15, -0.1) is 5.10 Å². The third-order valence-electron chi connectivity index (χ3n) is 3.52. The summed E-state index contributed by atoms with van der Waals surface area (Å²) in [4.78, 5) is 1.13. The van der Waals surface area contributed by atoms with E-state index in [1.165, 1.54) is 11.5 Å². The predicted molar refractivity (Wildman–Crippen MR) is 81.1 cm³/mol. The fourth-order valence-electron chi connectivity index (χ4n) is 2.45. The van der Waals surface area contributed by atoms with E-state index in [0.717, 1.165) is 39.3 Å². The highest BCUT2D eigenvalue weighted by atomic mass is 32.1. The molecule has 0 amide bonds. The van der Waals surface area contributed by atoms with Crippen LogP contribution in [0.15, 0.2) is 28.7 Å². The maximum Gasteiger partial charge on any atom is 0.137 e. The van der Waals surface area contributed by atoms with Crippen molar-refractivity contribution in [2.75, 3.05) is 7.05 Å². The van der Waals surface area contributed by atoms with E-state index in [1.54, 1.807) is 0 Å². The van der Waals surface area contributed by atoms with Gasteiger partial charge in [-0.25, -0.2) is 0 Å². The summed E-state index contributed by atoms with van der Waals surface area (Å²) in [6.45, 7) is 4.16. The second-order valence-electron chi connectivity index (χ2n) is 4.80. The van der Waals surface area contributed by atoms with Crippen LogP contribution >= 0.6 is 11.5 Å². The highest BCUT2D eigenvalue weighted by molar-refractivity contribution is 7.05. The zero-order valence-electron chi connectivity index (χ0n) is 11.8. The van der Waals surface area contributed by atoms with Gasteiger partial charge in [-0.2, -0.15) is 0 Å². The molecule has 104 valence electrons. The van der Waals surface area contributed by atoms with Crippen LogP contribution in [0.3, 0.4) is 0 Å². The molecule has 4 nitrogen and oxygen atoms in total. The maximum absolute atomic E-state index is 6.06. The number of hydrogen-bond donors (Lipinski definition) is 1. The van der Waals surface area contributed by atoms with E-state index in [4.69, 9.17) is 4.42 Å². The van der Waals surface area contributed by atoms with Gasteiger partial charge < -0.3 is 9.73 Å². The lowest BCUT2D eigenvalue weighted by Gasteiger charge is -2.11. The average molecular weight is 287 g/mol. The van der Waals surface area contributed by atoms with Crippen molar-refractivity contribution in [2.24, 2.45) is 0 Å². The third kappa shape index (κ3) is 2.13. The number of benzene rings is 1. The molecule has 3 rings (SSSR count). The van der Waals surface area contributed by atoms with Gasteiger partial charge in [0.05, 0.1) is 10.6 Å². The maximum atomic E-state index is 6.06. The van der Waals surface area contributed by atoms with Gasteiger partial charge in [-0.05, 0) is 43.6 Å². The Morgan fingerprint density at radius 3 is 2.95 bits per heavy atom. The smallest absolute Gasteiger partial charge is 0.137 e. The van der Waals surface area contributed by atoms with Crippen molar-refractivity contribution in [2.45, 2.75) is 26.3 Å². The average Bonchev–Trinajstić information content (AvgIpc) is 3.07. The minimum atomic E-state index is 0.0109. The normalized spacial score (nSPS) is 12.9. The summed E-state index contributed by atoms with van der Waals surface area (Å²) in [7, 11) is 1.93. The topological polar surface area (TPSA) is 51.0 Å². The number of para-hydroxylation sites is 1. The van der Waals surface area contributed by atoms with Crippen LogP contribution in [0.5, 0.6) is 0 Å². The van der Waals surface area contributed by atoms with Gasteiger partial charge in [0.2, 0.25) is 0 Å². The molecule has 1 unspecified atom stereocenters. The number of furan rings is 1. The van der Waals surface area contributed by atoms with Crippen LogP contribution in [-0.2, 0) is 6.42 Å². The molecule has 3 aromatic rings. The molecule has 1 atom stereocenters. The molecule has 0 saturated carbocycles. The van der Waals surface area contributed by atoms with Gasteiger partial charge in [-0.3, -0.25) is 0 Å². The van der Waals surface area contributed by atoms with Crippen molar-refractivity contribution in [1.82, 2.24) is 14.9 Å². The Balaban J connectivity index is 2.10. The van der Waals surface area contributed by atoms with Crippen LogP contribution in [0.2, 0.25) is 0 Å². The first-order valence-corrected chi connectivity index (χ1v) is 7.49. The fourth-order valence-corrected chi connectivity index (χ4v) is 3.31. The Hall–Kier alpha value is -1.72. The molecule has 20 heavy (non-hydrogen) atoms. The first-order valence-electron chi connectivity index (χ1n) is 6.72. The fraction of sp³-hybridized carbons (Fsp3) is 0.333. The van der Waals surface area contributed by atoms with E-state index in [1.807, 2.05) is 7.05 Å². The molecule has 1 aromatic carbocycles. The van der Waals surface area contributed by atoms with Crippen LogP contribution in [0, 0.1) is 6.92 Å². The predicted octanol–water partition coefficient (Wildman–Crippen LogP) is 3.46. The quantitative estimate of drug-likeness (QED) is 0.798. The molecule has 1 N–H and O–H groups in total. The van der Waals surface area contributed by atoms with E-state index in [-0.39, 0.29) is 6.04 Å². The number of aromatic nitrogens is 2. The van der Waals surface area contributed by atoms with E-state index in [2.05, 4.69) is 53.0 Å². The largest absolute Gasteiger partial charge is 0.459 e. The van der Waals surface area contributed by atoms with Crippen LogP contribution < -0.4 is 5.32 Å². The molecule has 5 heteroatoms. The molecule has 0 saturated heterocycles. The molecule has 0 aliphatic heterocycles. The van der Waals surface area contributed by atoms with Crippen molar-refractivity contribution in [3.63, 3.8) is 0 Å². The van der Waals surface area contributed by atoms with Gasteiger partial charge >= 0.3 is 0 Å². The minimum Gasteiger partial charge on any atom is -0.459 e. The summed E-state index contributed by atoms with van der Waals surface area (Å²) in [5, 5.41) is 8.63. The number of nitrogens with zero attached hydrogens (tertiary/aromatic N) is 2. The zero-order valence-corrected chi connectivity index (χ0v) is 12.6. The van der Waals surface area contributed by atoms with E-state index in [0.29, 0.717) is 0 Å². The van der Waals surface area contributed by atoms with E-state index >= 15 is 0 Å². The third-order valence-corrected chi connectivity index (χ3v) is 4.35. The van der Waals surface area contributed by atoms with Crippen LogP contribution in [0.4, 0.5) is 0 Å². The van der Waals surface area contributed by atoms with Gasteiger partial charge in [0.25, 0.3) is 0 Å². The SMILES string of the molecule is CCc1nnsc1C(NC)c1cc2cccc(C)c2o1. The summed E-state index contributed by atoms with van der Waals surface area (Å²) in [6.07, 6.45) is 0.878. The Kier molecular flexibility index (Phi) is 3.54. The summed E-state index contributed by atoms with van der Waals surface area (Å²) in [5.41, 5.74) is 3.14. The summed E-state index contributed by atoms with van der Waals surface area (Å²) in [5.74, 6) is 0.914. The van der Waals surface area contributed by atoms with Crippen molar-refractivity contribution >= 4 is 22.5 Å². The Labute approximate surface area is 122 Å². The van der Waals surface area contributed by atoms with Gasteiger partial charge in [-0.1, -0.05) is 29.6 Å². The van der Waals surface area contributed by atoms with Crippen LogP contribution in [0.25, 0.3) is 11.0 Å². The standard InChI is InChI=1S/C15H17N3OS/c1-4-11-15(20-18-17-11)13(16-3)12-8-10-7-5-6-9(2)14(10)19-12/h5-8,13,16H,4H2,1-3H3. The van der Waals surface area contributed by atoms with Gasteiger partial charge in [0.1, 0.15) is 17.4 Å². The zero-order chi connectivity index (χ0) is 14.1. The second kappa shape index (κ2) is 5.34. The van der Waals surface area contributed by atoms with Crippen LogP contribution in [0.1, 0.15) is 34.9 Å². The second-order valence-corrected chi connectivity index (χ2v) is 5.59. The molecule has 2 heterocycles. The number of rotatable bonds is 4. The molecule has 0 aliphatic carbocycles. The van der Waals surface area contributed by atoms with Crippen molar-refractivity contribution in [3.05, 3.63) is 46.2 Å². The molecule has 0 spiro atoms. The Morgan fingerprint density at radius 1 is 1.40 bits per heavy atom. The summed E-state index contributed by atoms with van der Waals surface area (Å²) in [6, 6.07) is 8.31. The van der Waals surface area contributed by atoms with Crippen LogP contribution in [-0.4, -0.2) is 16.6 Å². The first-order chi connectivity index (χ1) is 9.74. The molecule has 0 aliphatic rings. The molecule has 2 aromatic heterocycles. The van der Waals surface area contributed by atoms with Crippen molar-refractivity contribution in [1.29, 1.82) is 0 Å². The Bertz CT molecular complexity index is 732. The summed E-state index contributed by atoms with van der Waals surface area (Å²) < 4.78 is 10.1. The first kappa shape index (κ1) is 13.3. The highest BCUT2D eigenvalue weighted by Gasteiger charge is 2.22. The highest BCUT2D eigenvalue weighted by Crippen LogP contribution is 2.32. The summed E-state index contributed by atoms with van der Waals surface area (Å²) >= 11 is 1.43.